The second kappa shape index (κ2) is 9.37. The van der Waals surface area contributed by atoms with E-state index in [0.717, 1.165) is 71.0 Å². The summed E-state index contributed by atoms with van der Waals surface area (Å²) in [7, 11) is 1.71. The Hall–Kier alpha value is -2.92. The first kappa shape index (κ1) is 24.1. The van der Waals surface area contributed by atoms with Crippen molar-refractivity contribution in [3.05, 3.63) is 70.0 Å². The molecule has 6 heteroatoms. The molecule has 4 saturated carbocycles. The van der Waals surface area contributed by atoms with Crippen molar-refractivity contribution in [1.29, 1.82) is 0 Å². The van der Waals surface area contributed by atoms with Gasteiger partial charge < -0.3 is 10.1 Å². The molecule has 0 spiro atoms. The van der Waals surface area contributed by atoms with Crippen LogP contribution in [-0.2, 0) is 30.5 Å². The summed E-state index contributed by atoms with van der Waals surface area (Å²) in [5.74, 6) is 4.07. The number of rotatable bonds is 6. The van der Waals surface area contributed by atoms with Gasteiger partial charge in [0.25, 0.3) is 0 Å². The lowest BCUT2D eigenvalue weighted by Crippen LogP contribution is -2.47. The van der Waals surface area contributed by atoms with Gasteiger partial charge in [-0.1, -0.05) is 23.7 Å². The smallest absolute Gasteiger partial charge is 0.229 e. The Morgan fingerprint density at radius 2 is 1.71 bits per heavy atom. The van der Waals surface area contributed by atoms with Gasteiger partial charge in [-0.3, -0.25) is 4.79 Å². The quantitative estimate of drug-likeness (QED) is 0.381. The number of ether oxygens (including phenoxy) is 1. The fourth-order valence-electron chi connectivity index (χ4n) is 8.33. The van der Waals surface area contributed by atoms with Gasteiger partial charge >= 0.3 is 0 Å². The minimum Gasteiger partial charge on any atom is -0.497 e. The first-order valence-corrected chi connectivity index (χ1v) is 14.4. The fraction of sp³-hybridized carbons (Fsp3) is 0.469. The standard InChI is InChI=1S/C32H34ClN3O2/c1-38-25-7-8-26-23(14-25)4-9-27-30(26)34-28(18-32-15-20-10-21(16-32)12-22(11-20)17-32)31(35-27)36-29(37)13-19-2-5-24(33)6-3-19/h2-3,5-8,14,20-22H,4,9-13,15-18H2,1H3,(H,35,36,37). The third-order valence-electron chi connectivity index (χ3n) is 9.48. The Bertz CT molecular complexity index is 1370. The van der Waals surface area contributed by atoms with Crippen LogP contribution >= 0.6 is 11.6 Å². The van der Waals surface area contributed by atoms with Gasteiger partial charge in [0.15, 0.2) is 5.82 Å². The molecule has 8 rings (SSSR count). The zero-order valence-corrected chi connectivity index (χ0v) is 22.7. The van der Waals surface area contributed by atoms with Crippen LogP contribution in [0.25, 0.3) is 11.3 Å². The number of aromatic nitrogens is 2. The number of hydrogen-bond donors (Lipinski definition) is 1. The summed E-state index contributed by atoms with van der Waals surface area (Å²) < 4.78 is 5.48. The number of nitrogens with zero attached hydrogens (tertiary/aromatic N) is 2. The molecule has 196 valence electrons. The number of anilines is 1. The Morgan fingerprint density at radius 1 is 1.00 bits per heavy atom. The van der Waals surface area contributed by atoms with Crippen LogP contribution in [0.2, 0.25) is 5.02 Å². The fourth-order valence-corrected chi connectivity index (χ4v) is 8.46. The van der Waals surface area contributed by atoms with Crippen LogP contribution in [0, 0.1) is 23.2 Å². The molecule has 0 unspecified atom stereocenters. The Morgan fingerprint density at radius 3 is 2.39 bits per heavy atom. The minimum absolute atomic E-state index is 0.0609. The normalized spacial score (nSPS) is 26.5. The average Bonchev–Trinajstić information content (AvgIpc) is 2.89. The molecule has 0 radical (unpaired) electrons. The molecule has 4 fully saturated rings. The molecular weight excluding hydrogens is 494 g/mol. The highest BCUT2D eigenvalue weighted by molar-refractivity contribution is 6.30. The lowest BCUT2D eigenvalue weighted by atomic mass is 9.48. The third kappa shape index (κ3) is 4.49. The van der Waals surface area contributed by atoms with Gasteiger partial charge in [-0.25, -0.2) is 9.97 Å². The molecule has 38 heavy (non-hydrogen) atoms. The zero-order valence-electron chi connectivity index (χ0n) is 21.9. The van der Waals surface area contributed by atoms with Crippen molar-refractivity contribution < 1.29 is 9.53 Å². The number of carbonyl (C=O) groups excluding carboxylic acids is 1. The second-order valence-corrected chi connectivity index (χ2v) is 12.7. The Kier molecular flexibility index (Phi) is 5.95. The number of amides is 1. The predicted octanol–water partition coefficient (Wildman–Crippen LogP) is 6.84. The minimum atomic E-state index is -0.0609. The molecule has 1 amide bonds. The molecule has 5 nitrogen and oxygen atoms in total. The maximum Gasteiger partial charge on any atom is 0.229 e. The van der Waals surface area contributed by atoms with Crippen LogP contribution in [0.4, 0.5) is 5.82 Å². The van der Waals surface area contributed by atoms with Crippen LogP contribution in [0.3, 0.4) is 0 Å². The first-order chi connectivity index (χ1) is 18.4. The van der Waals surface area contributed by atoms with E-state index in [0.29, 0.717) is 16.3 Å². The van der Waals surface area contributed by atoms with E-state index in [4.69, 9.17) is 26.3 Å². The van der Waals surface area contributed by atoms with Gasteiger partial charge in [0.05, 0.1) is 30.6 Å². The Labute approximate surface area is 229 Å². The van der Waals surface area contributed by atoms with Gasteiger partial charge in [-0.2, -0.15) is 0 Å². The molecule has 3 aromatic rings. The second-order valence-electron chi connectivity index (χ2n) is 12.3. The molecule has 0 atom stereocenters. The van der Waals surface area contributed by atoms with Crippen LogP contribution in [-0.4, -0.2) is 23.0 Å². The van der Waals surface area contributed by atoms with Crippen molar-refractivity contribution in [2.45, 2.75) is 64.2 Å². The monoisotopic (exact) mass is 527 g/mol. The van der Waals surface area contributed by atoms with E-state index < -0.39 is 0 Å². The van der Waals surface area contributed by atoms with Crippen molar-refractivity contribution >= 4 is 23.3 Å². The third-order valence-corrected chi connectivity index (χ3v) is 9.73. The highest BCUT2D eigenvalue weighted by Gasteiger charge is 2.51. The van der Waals surface area contributed by atoms with E-state index in [2.05, 4.69) is 17.4 Å². The van der Waals surface area contributed by atoms with E-state index in [1.165, 1.54) is 44.1 Å². The predicted molar refractivity (Wildman–Crippen MR) is 150 cm³/mol. The van der Waals surface area contributed by atoms with Crippen molar-refractivity contribution in [3.63, 3.8) is 0 Å². The van der Waals surface area contributed by atoms with Gasteiger partial charge in [0, 0.05) is 10.6 Å². The maximum atomic E-state index is 13.2. The van der Waals surface area contributed by atoms with E-state index in [9.17, 15) is 4.79 Å². The molecule has 0 aliphatic heterocycles. The number of nitrogens with one attached hydrogen (secondary N) is 1. The summed E-state index contributed by atoms with van der Waals surface area (Å²) >= 11 is 6.04. The number of halogens is 1. The van der Waals surface area contributed by atoms with Crippen molar-refractivity contribution in [2.24, 2.45) is 23.2 Å². The summed E-state index contributed by atoms with van der Waals surface area (Å²) in [5.41, 5.74) is 6.53. The van der Waals surface area contributed by atoms with E-state index in [1.807, 2.05) is 30.3 Å². The number of carbonyl (C=O) groups is 1. The van der Waals surface area contributed by atoms with Crippen molar-refractivity contribution in [3.8, 4) is 17.0 Å². The summed E-state index contributed by atoms with van der Waals surface area (Å²) in [6.07, 6.45) is 11.0. The molecule has 5 aliphatic carbocycles. The van der Waals surface area contributed by atoms with E-state index in [-0.39, 0.29) is 12.3 Å². The Balaban J connectivity index is 1.24. The molecule has 5 aliphatic rings. The number of benzene rings is 2. The van der Waals surface area contributed by atoms with Gasteiger partial charge in [-0.05, 0) is 122 Å². The average molecular weight is 528 g/mol. The summed E-state index contributed by atoms with van der Waals surface area (Å²) in [6, 6.07) is 13.7. The van der Waals surface area contributed by atoms with Gasteiger partial charge in [-0.15, -0.1) is 0 Å². The van der Waals surface area contributed by atoms with Crippen LogP contribution in [0.15, 0.2) is 42.5 Å². The highest BCUT2D eigenvalue weighted by Crippen LogP contribution is 2.61. The molecule has 4 bridgehead atoms. The lowest BCUT2D eigenvalue weighted by Gasteiger charge is -2.57. The van der Waals surface area contributed by atoms with Crippen LogP contribution in [0.5, 0.6) is 5.75 Å². The number of methoxy groups -OCH3 is 1. The van der Waals surface area contributed by atoms with Crippen LogP contribution in [0.1, 0.15) is 61.0 Å². The van der Waals surface area contributed by atoms with Crippen molar-refractivity contribution in [2.75, 3.05) is 12.4 Å². The lowest BCUT2D eigenvalue weighted by molar-refractivity contribution is -0.115. The first-order valence-electron chi connectivity index (χ1n) is 14.1. The zero-order chi connectivity index (χ0) is 25.9. The highest BCUT2D eigenvalue weighted by atomic mass is 35.5. The SMILES string of the molecule is COc1ccc2c(c1)CCc1nc(NC(=O)Cc3ccc(Cl)cc3)c(CC34CC5CC(CC(C5)C3)C4)nc1-2. The maximum absolute atomic E-state index is 13.2. The van der Waals surface area contributed by atoms with E-state index >= 15 is 0 Å². The number of fused-ring (bicyclic) bond motifs is 3. The van der Waals surface area contributed by atoms with E-state index in [1.54, 1.807) is 7.11 Å². The summed E-state index contributed by atoms with van der Waals surface area (Å²) in [6.45, 7) is 0. The van der Waals surface area contributed by atoms with Crippen LogP contribution < -0.4 is 10.1 Å². The molecule has 0 saturated heterocycles. The topological polar surface area (TPSA) is 64.1 Å². The molecule has 2 aromatic carbocycles. The largest absolute Gasteiger partial charge is 0.497 e. The van der Waals surface area contributed by atoms with Gasteiger partial charge in [0.2, 0.25) is 5.91 Å². The van der Waals surface area contributed by atoms with Gasteiger partial charge in [0.1, 0.15) is 5.75 Å². The summed E-state index contributed by atoms with van der Waals surface area (Å²) in [4.78, 5) is 23.6. The molecule has 1 N–H and O–H groups in total. The molecule has 1 heterocycles. The number of aryl methyl sites for hydroxylation is 2. The number of hydrogen-bond acceptors (Lipinski definition) is 4. The molecule has 1 aromatic heterocycles. The summed E-state index contributed by atoms with van der Waals surface area (Å²) in [5, 5.41) is 3.85. The molecular formula is C32H34ClN3O2. The van der Waals surface area contributed by atoms with Crippen molar-refractivity contribution in [1.82, 2.24) is 9.97 Å².